The standard InChI is InChI=1S/C25H42N3O5PS2Si/c1-16(2)17-9-11-25(6,35)20(13-17)33-34(36)32-18-14-22(28-12-10-21(26)27-23(28)29)31-19(18)15-30-37(7,8)24(3,4)5/h10,12,17-20,22H,1,9,11,13-15H2,2-8H3,(H2-,26,27,29,35)/p+1/t17-,18-,19+,20+,22+,25+/m0/s1. The van der Waals surface area contributed by atoms with E-state index >= 15 is 0 Å². The van der Waals surface area contributed by atoms with Gasteiger partial charge in [-0.2, -0.15) is 17.6 Å². The van der Waals surface area contributed by atoms with Crippen LogP contribution in [0.15, 0.2) is 29.2 Å². The SMILES string of the molecule is C=C(C)[C@H]1CC[C@@](C)(S)[C@H](O[P+](=S)O[C@H]2C[C@H](n3ccc(N)nc3=O)O[C@@H]2CO[Si](C)(C)C(C)(C)C)C1. The lowest BCUT2D eigenvalue weighted by molar-refractivity contribution is -0.0400. The van der Waals surface area contributed by atoms with Crippen molar-refractivity contribution in [2.24, 2.45) is 5.92 Å². The van der Waals surface area contributed by atoms with Gasteiger partial charge < -0.3 is 14.9 Å². The minimum Gasteiger partial charge on any atom is -0.414 e. The average molecular weight is 589 g/mol. The molecule has 0 radical (unpaired) electrons. The zero-order chi connectivity index (χ0) is 27.8. The predicted octanol–water partition coefficient (Wildman–Crippen LogP) is 5.74. The molecule has 0 aromatic carbocycles. The Bertz CT molecular complexity index is 1060. The topological polar surface area (TPSA) is 97.8 Å². The summed E-state index contributed by atoms with van der Waals surface area (Å²) < 4.78 is 26.6. The third-order valence-corrected chi connectivity index (χ3v) is 14.5. The Balaban J connectivity index is 1.75. The first-order valence-electron chi connectivity index (χ1n) is 12.8. The van der Waals surface area contributed by atoms with E-state index in [2.05, 4.69) is 59.3 Å². The number of thiol groups is 1. The van der Waals surface area contributed by atoms with Gasteiger partial charge in [0.25, 0.3) is 0 Å². The van der Waals surface area contributed by atoms with Crippen LogP contribution < -0.4 is 11.4 Å². The summed E-state index contributed by atoms with van der Waals surface area (Å²) in [6.07, 6.45) is 3.31. The molecular weight excluding hydrogens is 545 g/mol. The van der Waals surface area contributed by atoms with Crippen LogP contribution in [-0.4, -0.2) is 47.5 Å². The van der Waals surface area contributed by atoms with Crippen molar-refractivity contribution in [3.05, 3.63) is 34.9 Å². The lowest BCUT2D eigenvalue weighted by Crippen LogP contribution is -2.44. The fraction of sp³-hybridized carbons (Fsp3) is 0.760. The smallest absolute Gasteiger partial charge is 0.414 e. The molecule has 2 N–H and O–H groups in total. The maximum atomic E-state index is 12.5. The third kappa shape index (κ3) is 7.72. The van der Waals surface area contributed by atoms with Crippen molar-refractivity contribution < 1.29 is 18.2 Å². The number of nitrogens with two attached hydrogens (primary N) is 1. The van der Waals surface area contributed by atoms with Gasteiger partial charge in [-0.05, 0) is 63.2 Å². The molecule has 7 atom stereocenters. The average Bonchev–Trinajstić information content (AvgIpc) is 3.14. The molecule has 1 aromatic heterocycles. The van der Waals surface area contributed by atoms with Gasteiger partial charge in [0.15, 0.2) is 8.32 Å². The van der Waals surface area contributed by atoms with Crippen LogP contribution in [0.4, 0.5) is 5.82 Å². The van der Waals surface area contributed by atoms with Crippen LogP contribution in [-0.2, 0) is 30.0 Å². The van der Waals surface area contributed by atoms with Gasteiger partial charge in [0, 0.05) is 17.4 Å². The van der Waals surface area contributed by atoms with Crippen LogP contribution in [0.2, 0.25) is 18.1 Å². The maximum absolute atomic E-state index is 12.5. The van der Waals surface area contributed by atoms with Crippen molar-refractivity contribution in [1.82, 2.24) is 9.55 Å². The third-order valence-electron chi connectivity index (χ3n) is 8.08. The van der Waals surface area contributed by atoms with E-state index in [0.29, 0.717) is 18.9 Å². The quantitative estimate of drug-likeness (QED) is 0.163. The van der Waals surface area contributed by atoms with Crippen molar-refractivity contribution >= 4 is 45.7 Å². The van der Waals surface area contributed by atoms with Crippen LogP contribution in [0.3, 0.4) is 0 Å². The molecule has 1 aliphatic carbocycles. The zero-order valence-corrected chi connectivity index (χ0v) is 26.7. The van der Waals surface area contributed by atoms with Crippen LogP contribution in [0.5, 0.6) is 0 Å². The van der Waals surface area contributed by atoms with E-state index in [9.17, 15) is 4.79 Å². The summed E-state index contributed by atoms with van der Waals surface area (Å²) in [6, 6.07) is 1.58. The first kappa shape index (κ1) is 30.9. The van der Waals surface area contributed by atoms with Crippen molar-refractivity contribution in [2.45, 2.75) is 108 Å². The Morgan fingerprint density at radius 2 is 2.08 bits per heavy atom. The lowest BCUT2D eigenvalue weighted by Gasteiger charge is -2.38. The molecule has 1 saturated heterocycles. The summed E-state index contributed by atoms with van der Waals surface area (Å²) in [5, 5.41) is 0.0464. The Morgan fingerprint density at radius 3 is 2.68 bits per heavy atom. The highest BCUT2D eigenvalue weighted by Gasteiger charge is 2.47. The number of anilines is 1. The first-order chi connectivity index (χ1) is 17.0. The summed E-state index contributed by atoms with van der Waals surface area (Å²) >= 11 is 10.6. The van der Waals surface area contributed by atoms with Gasteiger partial charge in [-0.25, -0.2) is 4.79 Å². The highest BCUT2D eigenvalue weighted by Crippen LogP contribution is 2.46. The molecule has 8 nitrogen and oxygen atoms in total. The van der Waals surface area contributed by atoms with Crippen LogP contribution in [0.1, 0.15) is 66.5 Å². The van der Waals surface area contributed by atoms with E-state index in [1.165, 1.54) is 4.57 Å². The van der Waals surface area contributed by atoms with E-state index in [0.717, 1.165) is 24.8 Å². The second-order valence-electron chi connectivity index (χ2n) is 12.1. The van der Waals surface area contributed by atoms with E-state index in [1.807, 2.05) is 0 Å². The number of nitrogens with zero attached hydrogens (tertiary/aromatic N) is 2. The number of hydrogen-bond acceptors (Lipinski definition) is 9. The molecule has 1 aromatic rings. The molecule has 0 spiro atoms. The molecule has 2 heterocycles. The molecule has 0 amide bonds. The number of allylic oxidation sites excluding steroid dienone is 1. The maximum Gasteiger partial charge on any atom is 0.522 e. The van der Waals surface area contributed by atoms with Crippen molar-refractivity contribution in [3.8, 4) is 0 Å². The summed E-state index contributed by atoms with van der Waals surface area (Å²) in [4.78, 5) is 16.3. The number of rotatable bonds is 9. The van der Waals surface area contributed by atoms with Crippen LogP contribution in [0.25, 0.3) is 0 Å². The molecule has 12 heteroatoms. The van der Waals surface area contributed by atoms with Crippen molar-refractivity contribution in [1.29, 1.82) is 0 Å². The second-order valence-corrected chi connectivity index (χ2v) is 19.7. The van der Waals surface area contributed by atoms with Gasteiger partial charge in [0.2, 0.25) is 11.8 Å². The highest BCUT2D eigenvalue weighted by molar-refractivity contribution is 8.00. The van der Waals surface area contributed by atoms with Crippen LogP contribution in [0, 0.1) is 5.92 Å². The minimum absolute atomic E-state index is 0.0464. The molecule has 1 unspecified atom stereocenters. The summed E-state index contributed by atoms with van der Waals surface area (Å²) in [5.41, 5.74) is 6.37. The predicted molar refractivity (Wildman–Crippen MR) is 158 cm³/mol. The zero-order valence-electron chi connectivity index (χ0n) is 23.1. The lowest BCUT2D eigenvalue weighted by atomic mass is 9.77. The molecule has 2 aliphatic rings. The number of hydrogen-bond donors (Lipinski definition) is 2. The number of nitrogen functional groups attached to an aromatic ring is 1. The van der Waals surface area contributed by atoms with E-state index in [-0.39, 0.29) is 21.7 Å². The van der Waals surface area contributed by atoms with Gasteiger partial charge in [-0.1, -0.05) is 32.9 Å². The second kappa shape index (κ2) is 11.8. The molecule has 3 rings (SSSR count). The summed E-state index contributed by atoms with van der Waals surface area (Å²) in [7, 11) is -3.68. The molecule has 1 aliphatic heterocycles. The van der Waals surface area contributed by atoms with E-state index < -0.39 is 39.6 Å². The van der Waals surface area contributed by atoms with Crippen molar-refractivity contribution in [3.63, 3.8) is 0 Å². The van der Waals surface area contributed by atoms with Gasteiger partial charge in [0.05, 0.1) is 6.61 Å². The normalized spacial score (nSPS) is 31.4. The number of aromatic nitrogens is 2. The van der Waals surface area contributed by atoms with Gasteiger partial charge >= 0.3 is 12.8 Å². The first-order valence-corrected chi connectivity index (χ1v) is 18.4. The monoisotopic (exact) mass is 588 g/mol. The molecular formula is C25H43N3O5PS2Si+. The molecule has 37 heavy (non-hydrogen) atoms. The Morgan fingerprint density at radius 1 is 1.41 bits per heavy atom. The fourth-order valence-corrected chi connectivity index (χ4v) is 7.43. The van der Waals surface area contributed by atoms with Gasteiger partial charge in [-0.15, -0.1) is 9.05 Å². The molecule has 208 valence electrons. The van der Waals surface area contributed by atoms with Crippen molar-refractivity contribution in [2.75, 3.05) is 12.3 Å². The Kier molecular flexibility index (Phi) is 9.88. The van der Waals surface area contributed by atoms with Crippen LogP contribution >= 0.6 is 19.8 Å². The molecule has 1 saturated carbocycles. The van der Waals surface area contributed by atoms with Gasteiger partial charge in [0.1, 0.15) is 30.4 Å². The van der Waals surface area contributed by atoms with Gasteiger partial charge in [-0.3, -0.25) is 4.57 Å². The Labute approximate surface area is 233 Å². The van der Waals surface area contributed by atoms with E-state index in [1.54, 1.807) is 12.3 Å². The van der Waals surface area contributed by atoms with E-state index in [4.69, 9.17) is 48.4 Å². The summed E-state index contributed by atoms with van der Waals surface area (Å²) in [6.45, 7) is 19.6. The highest BCUT2D eigenvalue weighted by atomic mass is 32.4. The Hall–Kier alpha value is -0.653. The molecule has 0 bridgehead atoms. The summed E-state index contributed by atoms with van der Waals surface area (Å²) in [5.74, 6) is 0.557. The minimum atomic E-state index is -2.04. The molecule has 2 fully saturated rings. The number of ether oxygens (including phenoxy) is 1. The largest absolute Gasteiger partial charge is 0.522 e. The fourth-order valence-electron chi connectivity index (χ4n) is 4.39.